The summed E-state index contributed by atoms with van der Waals surface area (Å²) in [5.41, 5.74) is 1.35. The summed E-state index contributed by atoms with van der Waals surface area (Å²) < 4.78 is 0. The van der Waals surface area contributed by atoms with Crippen molar-refractivity contribution in [2.45, 2.75) is 27.7 Å². The largest absolute Gasteiger partial charge is 0.0630 e. The lowest BCUT2D eigenvalue weighted by Crippen LogP contribution is -1.81. The third-order valence-electron chi connectivity index (χ3n) is 2.97. The van der Waals surface area contributed by atoms with Crippen LogP contribution < -0.4 is 0 Å². The van der Waals surface area contributed by atoms with Crippen LogP contribution in [0.25, 0.3) is 21.5 Å². The number of aryl methyl sites for hydroxylation is 1. The fourth-order valence-electron chi connectivity index (χ4n) is 2.24. The van der Waals surface area contributed by atoms with E-state index in [1.807, 2.05) is 0 Å². The van der Waals surface area contributed by atoms with Gasteiger partial charge in [0.15, 0.2) is 0 Å². The van der Waals surface area contributed by atoms with Gasteiger partial charge >= 0.3 is 0 Å². The Morgan fingerprint density at radius 3 is 1.79 bits per heavy atom. The molecule has 0 saturated heterocycles. The Morgan fingerprint density at radius 1 is 0.684 bits per heavy atom. The summed E-state index contributed by atoms with van der Waals surface area (Å²) in [7, 11) is 0. The van der Waals surface area contributed by atoms with Gasteiger partial charge in [0.05, 0.1) is 0 Å². The summed E-state index contributed by atoms with van der Waals surface area (Å²) in [6.07, 6.45) is 0. The van der Waals surface area contributed by atoms with Gasteiger partial charge in [0.1, 0.15) is 0 Å². The van der Waals surface area contributed by atoms with Gasteiger partial charge in [-0.2, -0.15) is 0 Å². The van der Waals surface area contributed by atoms with Crippen molar-refractivity contribution in [3.8, 4) is 0 Å². The molecule has 3 rings (SSSR count). The molecule has 3 aromatic carbocycles. The monoisotopic (exact) mass is 250 g/mol. The van der Waals surface area contributed by atoms with Crippen LogP contribution in [-0.2, 0) is 0 Å². The molecule has 0 nitrogen and oxygen atoms in total. The highest BCUT2D eigenvalue weighted by molar-refractivity contribution is 6.08. The summed E-state index contributed by atoms with van der Waals surface area (Å²) >= 11 is 0. The first-order chi connectivity index (χ1) is 9.09. The Bertz CT molecular complexity index is 675. The Kier molecular flexibility index (Phi) is 4.21. The average molecular weight is 250 g/mol. The van der Waals surface area contributed by atoms with Crippen molar-refractivity contribution in [2.24, 2.45) is 5.92 Å². The second-order valence-electron chi connectivity index (χ2n) is 5.69. The van der Waals surface area contributed by atoms with Crippen molar-refractivity contribution in [1.82, 2.24) is 0 Å². The lowest BCUT2D eigenvalue weighted by Gasteiger charge is -2.06. The van der Waals surface area contributed by atoms with Crippen molar-refractivity contribution >= 4 is 21.5 Å². The normalized spacial score (nSPS) is 10.6. The molecular weight excluding hydrogens is 228 g/mol. The quantitative estimate of drug-likeness (QED) is 0.431. The van der Waals surface area contributed by atoms with Gasteiger partial charge in [-0.3, -0.25) is 0 Å². The van der Waals surface area contributed by atoms with E-state index in [4.69, 9.17) is 0 Å². The van der Waals surface area contributed by atoms with E-state index in [0.717, 1.165) is 5.92 Å². The van der Waals surface area contributed by atoms with Gasteiger partial charge in [-0.05, 0) is 39.9 Å². The molecule has 0 aliphatic rings. The maximum Gasteiger partial charge on any atom is -0.0103 e. The molecule has 98 valence electrons. The highest BCUT2D eigenvalue weighted by Crippen LogP contribution is 2.27. The van der Waals surface area contributed by atoms with Gasteiger partial charge < -0.3 is 0 Å². The van der Waals surface area contributed by atoms with Crippen molar-refractivity contribution in [2.75, 3.05) is 0 Å². The number of benzene rings is 3. The highest BCUT2D eigenvalue weighted by atomic mass is 14.1. The second-order valence-corrected chi connectivity index (χ2v) is 5.69. The molecule has 0 amide bonds. The molecule has 0 heteroatoms. The van der Waals surface area contributed by atoms with Gasteiger partial charge in [0.25, 0.3) is 0 Å². The van der Waals surface area contributed by atoms with Gasteiger partial charge in [-0.15, -0.1) is 0 Å². The summed E-state index contributed by atoms with van der Waals surface area (Å²) in [4.78, 5) is 0. The van der Waals surface area contributed by atoms with Crippen molar-refractivity contribution < 1.29 is 0 Å². The summed E-state index contributed by atoms with van der Waals surface area (Å²) in [5, 5.41) is 5.39. The van der Waals surface area contributed by atoms with E-state index in [9.17, 15) is 0 Å². The smallest absolute Gasteiger partial charge is 0.0103 e. The maximum atomic E-state index is 2.26. The SMILES string of the molecule is CC(C)C.Cc1cc2ccccc2c2ccccc12. The van der Waals surface area contributed by atoms with Gasteiger partial charge in [-0.25, -0.2) is 0 Å². The number of rotatable bonds is 0. The Balaban J connectivity index is 0.000000297. The molecule has 0 aromatic heterocycles. The van der Waals surface area contributed by atoms with Crippen molar-refractivity contribution in [3.63, 3.8) is 0 Å². The van der Waals surface area contributed by atoms with Crippen LogP contribution in [0, 0.1) is 12.8 Å². The van der Waals surface area contributed by atoms with Crippen LogP contribution >= 0.6 is 0 Å². The fourth-order valence-corrected chi connectivity index (χ4v) is 2.24. The Labute approximate surface area is 116 Å². The molecule has 0 saturated carbocycles. The molecule has 0 fully saturated rings. The zero-order chi connectivity index (χ0) is 13.8. The average Bonchev–Trinajstić information content (AvgIpc) is 2.39. The van der Waals surface area contributed by atoms with Crippen LogP contribution in [0.15, 0.2) is 54.6 Å². The first-order valence-electron chi connectivity index (χ1n) is 6.96. The lowest BCUT2D eigenvalue weighted by atomic mass is 9.98. The maximum absolute atomic E-state index is 2.26. The number of hydrogen-bond acceptors (Lipinski definition) is 0. The topological polar surface area (TPSA) is 0 Å². The molecular formula is C19H22. The summed E-state index contributed by atoms with van der Waals surface area (Å²) in [6, 6.07) is 19.4. The minimum absolute atomic E-state index is 0.833. The molecule has 0 radical (unpaired) electrons. The van der Waals surface area contributed by atoms with Crippen molar-refractivity contribution in [3.05, 3.63) is 60.2 Å². The third kappa shape index (κ3) is 3.14. The van der Waals surface area contributed by atoms with E-state index >= 15 is 0 Å². The van der Waals surface area contributed by atoms with E-state index in [1.54, 1.807) is 0 Å². The van der Waals surface area contributed by atoms with Gasteiger partial charge in [0.2, 0.25) is 0 Å². The summed E-state index contributed by atoms with van der Waals surface area (Å²) in [5.74, 6) is 0.833. The minimum Gasteiger partial charge on any atom is -0.0630 e. The van der Waals surface area contributed by atoms with Crippen LogP contribution in [0.2, 0.25) is 0 Å². The highest BCUT2D eigenvalue weighted by Gasteiger charge is 2.01. The molecule has 0 unspecified atom stereocenters. The van der Waals surface area contributed by atoms with Crippen LogP contribution in [0.4, 0.5) is 0 Å². The lowest BCUT2D eigenvalue weighted by molar-refractivity contribution is 0.737. The van der Waals surface area contributed by atoms with E-state index in [-0.39, 0.29) is 0 Å². The summed E-state index contributed by atoms with van der Waals surface area (Å²) in [6.45, 7) is 8.68. The van der Waals surface area contributed by atoms with Gasteiger partial charge in [0, 0.05) is 0 Å². The van der Waals surface area contributed by atoms with E-state index in [0.29, 0.717) is 0 Å². The Morgan fingerprint density at radius 2 is 1.16 bits per heavy atom. The molecule has 0 aliphatic heterocycles. The second kappa shape index (κ2) is 5.88. The third-order valence-corrected chi connectivity index (χ3v) is 2.97. The van der Waals surface area contributed by atoms with Gasteiger partial charge in [-0.1, -0.05) is 75.4 Å². The first kappa shape index (κ1) is 13.6. The molecule has 0 aliphatic carbocycles. The molecule has 0 atom stereocenters. The fraction of sp³-hybridized carbons (Fsp3) is 0.263. The van der Waals surface area contributed by atoms with E-state index in [1.165, 1.54) is 27.1 Å². The molecule has 0 spiro atoms. The van der Waals surface area contributed by atoms with Crippen LogP contribution in [-0.4, -0.2) is 0 Å². The first-order valence-corrected chi connectivity index (χ1v) is 6.96. The van der Waals surface area contributed by atoms with Crippen LogP contribution in [0.3, 0.4) is 0 Å². The molecule has 3 aromatic rings. The predicted octanol–water partition coefficient (Wildman–Crippen LogP) is 5.96. The van der Waals surface area contributed by atoms with Crippen LogP contribution in [0.1, 0.15) is 26.3 Å². The zero-order valence-corrected chi connectivity index (χ0v) is 12.3. The standard InChI is InChI=1S/C15H12.C4H10/c1-11-10-12-6-2-3-8-14(12)15-9-5-4-7-13(11)15;1-4(2)3/h2-10H,1H3;4H,1-3H3. The van der Waals surface area contributed by atoms with E-state index in [2.05, 4.69) is 82.3 Å². The molecule has 19 heavy (non-hydrogen) atoms. The number of fused-ring (bicyclic) bond motifs is 3. The predicted molar refractivity (Wildman–Crippen MR) is 86.7 cm³/mol. The Hall–Kier alpha value is -1.82. The van der Waals surface area contributed by atoms with Crippen LogP contribution in [0.5, 0.6) is 0 Å². The number of hydrogen-bond donors (Lipinski definition) is 0. The van der Waals surface area contributed by atoms with Crippen molar-refractivity contribution in [1.29, 1.82) is 0 Å². The zero-order valence-electron chi connectivity index (χ0n) is 12.3. The molecule has 0 heterocycles. The minimum atomic E-state index is 0.833. The molecule has 0 bridgehead atoms. The molecule has 0 N–H and O–H groups in total. The van der Waals surface area contributed by atoms with E-state index < -0.39 is 0 Å².